The molecule has 0 saturated carbocycles. The molecule has 2 heterocycles. The number of fused-ring (bicyclic) bond motifs is 1. The molecule has 0 aliphatic heterocycles. The van der Waals surface area contributed by atoms with Gasteiger partial charge < -0.3 is 14.8 Å². The minimum atomic E-state index is -0.259. The summed E-state index contributed by atoms with van der Waals surface area (Å²) in [5.74, 6) is 0.562. The molecule has 6 heteroatoms. The number of hydrogen-bond donors (Lipinski definition) is 2. The van der Waals surface area contributed by atoms with E-state index >= 15 is 0 Å². The zero-order valence-corrected chi connectivity index (χ0v) is 13.7. The van der Waals surface area contributed by atoms with Crippen molar-refractivity contribution in [2.24, 2.45) is 5.41 Å². The molecule has 23 heavy (non-hydrogen) atoms. The molecule has 0 unspecified atom stereocenters. The fourth-order valence-electron chi connectivity index (χ4n) is 3.04. The van der Waals surface area contributed by atoms with Gasteiger partial charge in [0.1, 0.15) is 5.76 Å². The number of aromatic amines is 1. The standard InChI is InChI=1S/C17H21N3O3/c1-10-6-11(7-14(21)19-10)9-18-16(22)15-12-8-17(2,3)5-4-13(12)23-20-15/h6-7H,4-5,8-9H2,1-3H3,(H,18,22)(H,19,21). The first-order valence-electron chi connectivity index (χ1n) is 7.79. The van der Waals surface area contributed by atoms with Crippen molar-refractivity contribution >= 4 is 5.91 Å². The molecule has 0 radical (unpaired) electrons. The van der Waals surface area contributed by atoms with Gasteiger partial charge in [0, 0.05) is 30.3 Å². The monoisotopic (exact) mass is 315 g/mol. The largest absolute Gasteiger partial charge is 0.360 e. The molecular formula is C17H21N3O3. The Balaban J connectivity index is 1.75. The molecular weight excluding hydrogens is 294 g/mol. The average molecular weight is 315 g/mol. The lowest BCUT2D eigenvalue weighted by molar-refractivity contribution is 0.0940. The number of aromatic nitrogens is 2. The van der Waals surface area contributed by atoms with Crippen LogP contribution in [0.25, 0.3) is 0 Å². The van der Waals surface area contributed by atoms with E-state index in [1.165, 1.54) is 6.07 Å². The van der Waals surface area contributed by atoms with Gasteiger partial charge in [-0.05, 0) is 36.8 Å². The predicted octanol–water partition coefficient (Wildman–Crippen LogP) is 2.12. The number of carbonyl (C=O) groups is 1. The lowest BCUT2D eigenvalue weighted by Gasteiger charge is -2.28. The number of nitrogens with zero attached hydrogens (tertiary/aromatic N) is 1. The molecule has 122 valence electrons. The first-order valence-corrected chi connectivity index (χ1v) is 7.79. The van der Waals surface area contributed by atoms with E-state index in [0.717, 1.165) is 41.8 Å². The number of aryl methyl sites for hydroxylation is 2. The number of rotatable bonds is 3. The summed E-state index contributed by atoms with van der Waals surface area (Å²) < 4.78 is 5.33. The van der Waals surface area contributed by atoms with E-state index < -0.39 is 0 Å². The Morgan fingerprint density at radius 3 is 2.96 bits per heavy atom. The second kappa shape index (κ2) is 5.68. The van der Waals surface area contributed by atoms with E-state index in [2.05, 4.69) is 29.3 Å². The summed E-state index contributed by atoms with van der Waals surface area (Å²) >= 11 is 0. The highest BCUT2D eigenvalue weighted by atomic mass is 16.5. The smallest absolute Gasteiger partial charge is 0.274 e. The Bertz CT molecular complexity index is 802. The Kier molecular flexibility index (Phi) is 3.83. The van der Waals surface area contributed by atoms with Crippen LogP contribution in [0, 0.1) is 12.3 Å². The molecule has 2 N–H and O–H groups in total. The second-order valence-electron chi connectivity index (χ2n) is 6.99. The summed E-state index contributed by atoms with van der Waals surface area (Å²) in [6.07, 6.45) is 2.64. The zero-order valence-electron chi connectivity index (χ0n) is 13.7. The van der Waals surface area contributed by atoms with Gasteiger partial charge in [0.05, 0.1) is 0 Å². The Labute approximate surface area is 134 Å². The molecule has 0 atom stereocenters. The number of nitrogens with one attached hydrogen (secondary N) is 2. The molecule has 0 bridgehead atoms. The molecule has 0 fully saturated rings. The summed E-state index contributed by atoms with van der Waals surface area (Å²) in [6, 6.07) is 3.32. The van der Waals surface area contributed by atoms with E-state index in [1.54, 1.807) is 0 Å². The highest BCUT2D eigenvalue weighted by Gasteiger charge is 2.32. The number of carbonyl (C=O) groups excluding carboxylic acids is 1. The van der Waals surface area contributed by atoms with E-state index in [1.807, 2.05) is 13.0 Å². The van der Waals surface area contributed by atoms with E-state index in [0.29, 0.717) is 5.69 Å². The van der Waals surface area contributed by atoms with Crippen molar-refractivity contribution in [2.45, 2.75) is 46.6 Å². The molecule has 3 rings (SSSR count). The number of amides is 1. The van der Waals surface area contributed by atoms with Crippen LogP contribution in [0.3, 0.4) is 0 Å². The van der Waals surface area contributed by atoms with Gasteiger partial charge in [-0.2, -0.15) is 0 Å². The van der Waals surface area contributed by atoms with Crippen LogP contribution < -0.4 is 10.9 Å². The number of hydrogen-bond acceptors (Lipinski definition) is 4. The van der Waals surface area contributed by atoms with Crippen LogP contribution in [-0.4, -0.2) is 16.0 Å². The Morgan fingerprint density at radius 2 is 2.22 bits per heavy atom. The topological polar surface area (TPSA) is 88.0 Å². The van der Waals surface area contributed by atoms with Gasteiger partial charge in [0.2, 0.25) is 5.56 Å². The minimum absolute atomic E-state index is 0.150. The van der Waals surface area contributed by atoms with Crippen molar-refractivity contribution in [1.29, 1.82) is 0 Å². The average Bonchev–Trinajstić information content (AvgIpc) is 2.85. The normalized spacial score (nSPS) is 16.0. The van der Waals surface area contributed by atoms with Crippen molar-refractivity contribution in [1.82, 2.24) is 15.5 Å². The van der Waals surface area contributed by atoms with Gasteiger partial charge in [-0.25, -0.2) is 0 Å². The van der Waals surface area contributed by atoms with Gasteiger partial charge in [0.25, 0.3) is 5.91 Å². The van der Waals surface area contributed by atoms with Crippen molar-refractivity contribution in [3.8, 4) is 0 Å². The van der Waals surface area contributed by atoms with Crippen molar-refractivity contribution in [3.63, 3.8) is 0 Å². The van der Waals surface area contributed by atoms with E-state index in [9.17, 15) is 9.59 Å². The molecule has 2 aromatic rings. The van der Waals surface area contributed by atoms with Crippen LogP contribution in [-0.2, 0) is 19.4 Å². The van der Waals surface area contributed by atoms with Gasteiger partial charge >= 0.3 is 0 Å². The van der Waals surface area contributed by atoms with Gasteiger partial charge in [0.15, 0.2) is 5.69 Å². The number of H-pyrrole nitrogens is 1. The maximum atomic E-state index is 12.4. The molecule has 6 nitrogen and oxygen atoms in total. The van der Waals surface area contributed by atoms with Crippen molar-refractivity contribution in [3.05, 3.63) is 50.8 Å². The Morgan fingerprint density at radius 1 is 1.43 bits per heavy atom. The SMILES string of the molecule is Cc1cc(CNC(=O)c2noc3c2CC(C)(C)CC3)cc(=O)[nH]1. The van der Waals surface area contributed by atoms with Crippen molar-refractivity contribution in [2.75, 3.05) is 0 Å². The summed E-state index contributed by atoms with van der Waals surface area (Å²) in [4.78, 5) is 26.5. The third kappa shape index (κ3) is 3.36. The van der Waals surface area contributed by atoms with Crippen LogP contribution in [0.4, 0.5) is 0 Å². The van der Waals surface area contributed by atoms with Crippen molar-refractivity contribution < 1.29 is 9.32 Å². The van der Waals surface area contributed by atoms with Crippen LogP contribution in [0.5, 0.6) is 0 Å². The maximum Gasteiger partial charge on any atom is 0.274 e. The summed E-state index contributed by atoms with van der Waals surface area (Å²) in [6.45, 7) is 6.46. The molecule has 1 aliphatic rings. The first-order chi connectivity index (χ1) is 10.8. The Hall–Kier alpha value is -2.37. The lowest BCUT2D eigenvalue weighted by Crippen LogP contribution is -2.28. The molecule has 2 aromatic heterocycles. The fourth-order valence-corrected chi connectivity index (χ4v) is 3.04. The second-order valence-corrected chi connectivity index (χ2v) is 6.99. The molecule has 0 spiro atoms. The molecule has 1 aliphatic carbocycles. The van der Waals surface area contributed by atoms with Crippen LogP contribution in [0.15, 0.2) is 21.5 Å². The quantitative estimate of drug-likeness (QED) is 0.908. The summed E-state index contributed by atoms with van der Waals surface area (Å²) in [7, 11) is 0. The van der Waals surface area contributed by atoms with Crippen LogP contribution in [0.2, 0.25) is 0 Å². The van der Waals surface area contributed by atoms with Crippen LogP contribution in [0.1, 0.15) is 53.3 Å². The van der Waals surface area contributed by atoms with Gasteiger partial charge in [-0.3, -0.25) is 9.59 Å². The molecule has 0 aromatic carbocycles. The third-order valence-corrected chi connectivity index (χ3v) is 4.26. The van der Waals surface area contributed by atoms with E-state index in [4.69, 9.17) is 4.52 Å². The van der Waals surface area contributed by atoms with Gasteiger partial charge in [-0.15, -0.1) is 0 Å². The zero-order chi connectivity index (χ0) is 16.6. The lowest BCUT2D eigenvalue weighted by atomic mass is 9.76. The minimum Gasteiger partial charge on any atom is -0.360 e. The highest BCUT2D eigenvalue weighted by Crippen LogP contribution is 2.36. The first kappa shape index (κ1) is 15.5. The molecule has 0 saturated heterocycles. The molecule has 1 amide bonds. The number of pyridine rings is 1. The maximum absolute atomic E-state index is 12.4. The fraction of sp³-hybridized carbons (Fsp3) is 0.471. The summed E-state index contributed by atoms with van der Waals surface area (Å²) in [5, 5.41) is 6.77. The van der Waals surface area contributed by atoms with Crippen LogP contribution >= 0.6 is 0 Å². The summed E-state index contributed by atoms with van der Waals surface area (Å²) in [5.41, 5.74) is 2.79. The van der Waals surface area contributed by atoms with E-state index in [-0.39, 0.29) is 23.4 Å². The van der Waals surface area contributed by atoms with Gasteiger partial charge in [-0.1, -0.05) is 19.0 Å². The third-order valence-electron chi connectivity index (χ3n) is 4.26. The predicted molar refractivity (Wildman–Crippen MR) is 85.3 cm³/mol. The highest BCUT2D eigenvalue weighted by molar-refractivity contribution is 5.93.